The van der Waals surface area contributed by atoms with Crippen LogP contribution in [-0.2, 0) is 4.79 Å². The standard InChI is InChI=1S/C15H13N3O2S/c1-9-7-11-13(16-8-17-14(11)21-9)18-12(15(19)20)10-5-3-2-4-6-10/h2-8,12H,1H3,(H,19,20)(H,16,17,18). The maximum atomic E-state index is 11.5. The molecule has 1 atom stereocenters. The number of rotatable bonds is 4. The van der Waals surface area contributed by atoms with Crippen LogP contribution in [0.25, 0.3) is 10.2 Å². The van der Waals surface area contributed by atoms with Crippen LogP contribution in [0, 0.1) is 6.92 Å². The molecular formula is C15H13N3O2S. The fraction of sp³-hybridized carbons (Fsp3) is 0.133. The Bertz CT molecular complexity index is 786. The Morgan fingerprint density at radius 3 is 2.76 bits per heavy atom. The van der Waals surface area contributed by atoms with Gasteiger partial charge in [0, 0.05) is 4.88 Å². The minimum Gasteiger partial charge on any atom is -0.479 e. The number of aromatic nitrogens is 2. The third-order valence-corrected chi connectivity index (χ3v) is 4.07. The lowest BCUT2D eigenvalue weighted by molar-refractivity contribution is -0.138. The van der Waals surface area contributed by atoms with Gasteiger partial charge in [-0.1, -0.05) is 30.3 Å². The van der Waals surface area contributed by atoms with E-state index in [1.165, 1.54) is 6.33 Å². The summed E-state index contributed by atoms with van der Waals surface area (Å²) in [5.41, 5.74) is 0.684. The average Bonchev–Trinajstić information content (AvgIpc) is 2.86. The lowest BCUT2D eigenvalue weighted by Crippen LogP contribution is -2.21. The Kier molecular flexibility index (Phi) is 3.53. The van der Waals surface area contributed by atoms with E-state index in [0.717, 1.165) is 15.1 Å². The van der Waals surface area contributed by atoms with E-state index < -0.39 is 12.0 Å². The van der Waals surface area contributed by atoms with Crippen molar-refractivity contribution in [3.63, 3.8) is 0 Å². The fourth-order valence-electron chi connectivity index (χ4n) is 2.16. The van der Waals surface area contributed by atoms with Gasteiger partial charge < -0.3 is 10.4 Å². The highest BCUT2D eigenvalue weighted by molar-refractivity contribution is 7.18. The monoisotopic (exact) mass is 299 g/mol. The predicted octanol–water partition coefficient (Wildman–Crippen LogP) is 3.24. The molecule has 0 saturated heterocycles. The average molecular weight is 299 g/mol. The van der Waals surface area contributed by atoms with Crippen LogP contribution in [0.2, 0.25) is 0 Å². The number of aliphatic carboxylic acids is 1. The highest BCUT2D eigenvalue weighted by Crippen LogP contribution is 2.29. The second-order valence-corrected chi connectivity index (χ2v) is 5.86. The number of fused-ring (bicyclic) bond motifs is 1. The molecule has 0 bridgehead atoms. The number of carboxylic acid groups (broad SMARTS) is 1. The number of hydrogen-bond donors (Lipinski definition) is 2. The molecule has 6 heteroatoms. The quantitative estimate of drug-likeness (QED) is 0.773. The molecule has 3 aromatic rings. The molecule has 0 aliphatic rings. The van der Waals surface area contributed by atoms with Crippen molar-refractivity contribution in [1.29, 1.82) is 0 Å². The normalized spacial score (nSPS) is 12.2. The van der Waals surface area contributed by atoms with E-state index in [1.807, 2.05) is 31.2 Å². The third kappa shape index (κ3) is 2.71. The van der Waals surface area contributed by atoms with Crippen LogP contribution in [0.4, 0.5) is 5.82 Å². The SMILES string of the molecule is Cc1cc2c(NC(C(=O)O)c3ccccc3)ncnc2s1. The van der Waals surface area contributed by atoms with Gasteiger partial charge in [-0.15, -0.1) is 11.3 Å². The number of benzene rings is 1. The third-order valence-electron chi connectivity index (χ3n) is 3.11. The van der Waals surface area contributed by atoms with Gasteiger partial charge in [0.15, 0.2) is 6.04 Å². The maximum Gasteiger partial charge on any atom is 0.330 e. The molecule has 0 radical (unpaired) electrons. The molecule has 1 unspecified atom stereocenters. The van der Waals surface area contributed by atoms with E-state index in [1.54, 1.807) is 23.5 Å². The van der Waals surface area contributed by atoms with Crippen LogP contribution in [0.15, 0.2) is 42.7 Å². The lowest BCUT2D eigenvalue weighted by Gasteiger charge is -2.15. The van der Waals surface area contributed by atoms with Gasteiger partial charge in [-0.25, -0.2) is 14.8 Å². The summed E-state index contributed by atoms with van der Waals surface area (Å²) in [6.45, 7) is 1.99. The Labute approximate surface area is 125 Å². The van der Waals surface area contributed by atoms with Crippen molar-refractivity contribution in [3.05, 3.63) is 53.2 Å². The summed E-state index contributed by atoms with van der Waals surface area (Å²) >= 11 is 1.56. The van der Waals surface area contributed by atoms with Crippen LogP contribution < -0.4 is 5.32 Å². The molecule has 0 aliphatic carbocycles. The zero-order valence-corrected chi connectivity index (χ0v) is 12.1. The van der Waals surface area contributed by atoms with Crippen LogP contribution >= 0.6 is 11.3 Å². The zero-order chi connectivity index (χ0) is 14.8. The Morgan fingerprint density at radius 2 is 2.05 bits per heavy atom. The number of carbonyl (C=O) groups is 1. The number of nitrogens with one attached hydrogen (secondary N) is 1. The van der Waals surface area contributed by atoms with Crippen molar-refractivity contribution in [2.24, 2.45) is 0 Å². The van der Waals surface area contributed by atoms with Gasteiger partial charge in [0.25, 0.3) is 0 Å². The number of aryl methyl sites for hydroxylation is 1. The smallest absolute Gasteiger partial charge is 0.330 e. The molecule has 106 valence electrons. The topological polar surface area (TPSA) is 75.1 Å². The van der Waals surface area contributed by atoms with Crippen molar-refractivity contribution in [3.8, 4) is 0 Å². The van der Waals surface area contributed by atoms with E-state index in [4.69, 9.17) is 0 Å². The van der Waals surface area contributed by atoms with Crippen LogP contribution in [-0.4, -0.2) is 21.0 Å². The molecule has 21 heavy (non-hydrogen) atoms. The molecule has 0 spiro atoms. The van der Waals surface area contributed by atoms with Crippen LogP contribution in [0.5, 0.6) is 0 Å². The van der Waals surface area contributed by atoms with Gasteiger partial charge >= 0.3 is 5.97 Å². The van der Waals surface area contributed by atoms with Crippen molar-refractivity contribution in [2.75, 3.05) is 5.32 Å². The number of hydrogen-bond acceptors (Lipinski definition) is 5. The summed E-state index contributed by atoms with van der Waals surface area (Å²) in [5, 5.41) is 13.3. The molecule has 2 heterocycles. The van der Waals surface area contributed by atoms with Gasteiger partial charge in [0.05, 0.1) is 5.39 Å². The van der Waals surface area contributed by atoms with E-state index in [2.05, 4.69) is 15.3 Å². The molecule has 0 aliphatic heterocycles. The number of thiophene rings is 1. The first-order chi connectivity index (χ1) is 10.1. The van der Waals surface area contributed by atoms with Crippen LogP contribution in [0.1, 0.15) is 16.5 Å². The Morgan fingerprint density at radius 1 is 1.29 bits per heavy atom. The van der Waals surface area contributed by atoms with E-state index in [9.17, 15) is 9.90 Å². The molecular weight excluding hydrogens is 286 g/mol. The van der Waals surface area contributed by atoms with E-state index in [0.29, 0.717) is 11.4 Å². The van der Waals surface area contributed by atoms with E-state index in [-0.39, 0.29) is 0 Å². The van der Waals surface area contributed by atoms with Gasteiger partial charge in [0.1, 0.15) is 17.0 Å². The van der Waals surface area contributed by atoms with Crippen LogP contribution in [0.3, 0.4) is 0 Å². The summed E-state index contributed by atoms with van der Waals surface area (Å²) in [7, 11) is 0. The second kappa shape index (κ2) is 5.49. The molecule has 2 N–H and O–H groups in total. The first-order valence-electron chi connectivity index (χ1n) is 6.40. The second-order valence-electron chi connectivity index (χ2n) is 4.62. The minimum atomic E-state index is -0.945. The summed E-state index contributed by atoms with van der Waals surface area (Å²) in [5.74, 6) is -0.402. The summed E-state index contributed by atoms with van der Waals surface area (Å²) < 4.78 is 0. The predicted molar refractivity (Wildman–Crippen MR) is 82.6 cm³/mol. The molecule has 0 saturated carbocycles. The molecule has 3 rings (SSSR count). The van der Waals surface area contributed by atoms with E-state index >= 15 is 0 Å². The molecule has 5 nitrogen and oxygen atoms in total. The Balaban J connectivity index is 2.01. The van der Waals surface area contributed by atoms with Crippen molar-refractivity contribution in [1.82, 2.24) is 9.97 Å². The van der Waals surface area contributed by atoms with Crippen molar-refractivity contribution < 1.29 is 9.90 Å². The minimum absolute atomic E-state index is 0.542. The van der Waals surface area contributed by atoms with Gasteiger partial charge in [-0.05, 0) is 18.6 Å². The Hall–Kier alpha value is -2.47. The highest BCUT2D eigenvalue weighted by atomic mass is 32.1. The molecule has 0 fully saturated rings. The first-order valence-corrected chi connectivity index (χ1v) is 7.22. The fourth-order valence-corrected chi connectivity index (χ4v) is 3.01. The van der Waals surface area contributed by atoms with Crippen molar-refractivity contribution >= 4 is 33.3 Å². The molecule has 1 aromatic carbocycles. The molecule has 2 aromatic heterocycles. The summed E-state index contributed by atoms with van der Waals surface area (Å²) in [6, 6.07) is 10.2. The first kappa shape index (κ1) is 13.5. The molecule has 0 amide bonds. The number of carboxylic acids is 1. The lowest BCUT2D eigenvalue weighted by atomic mass is 10.1. The highest BCUT2D eigenvalue weighted by Gasteiger charge is 2.21. The van der Waals surface area contributed by atoms with Crippen molar-refractivity contribution in [2.45, 2.75) is 13.0 Å². The largest absolute Gasteiger partial charge is 0.479 e. The van der Waals surface area contributed by atoms with Gasteiger partial charge in [-0.2, -0.15) is 0 Å². The number of nitrogens with zero attached hydrogens (tertiary/aromatic N) is 2. The maximum absolute atomic E-state index is 11.5. The zero-order valence-electron chi connectivity index (χ0n) is 11.3. The summed E-state index contributed by atoms with van der Waals surface area (Å²) in [6.07, 6.45) is 1.45. The number of anilines is 1. The van der Waals surface area contributed by atoms with Gasteiger partial charge in [-0.3, -0.25) is 0 Å². The van der Waals surface area contributed by atoms with Gasteiger partial charge in [0.2, 0.25) is 0 Å². The summed E-state index contributed by atoms with van der Waals surface area (Å²) in [4.78, 5) is 21.9.